The molecule has 3 rings (SSSR count). The predicted octanol–water partition coefficient (Wildman–Crippen LogP) is 1.20. The number of sulfone groups is 1. The lowest BCUT2D eigenvalue weighted by molar-refractivity contribution is 0.167. The summed E-state index contributed by atoms with van der Waals surface area (Å²) >= 11 is 0. The molecular formula is C14H20N2O2S. The lowest BCUT2D eigenvalue weighted by Crippen LogP contribution is -2.43. The molecule has 2 N–H and O–H groups in total. The van der Waals surface area contributed by atoms with Crippen LogP contribution < -0.4 is 5.73 Å². The van der Waals surface area contributed by atoms with Crippen LogP contribution in [0.15, 0.2) is 18.2 Å². The molecule has 0 aliphatic carbocycles. The second-order valence-corrected chi connectivity index (χ2v) is 7.89. The van der Waals surface area contributed by atoms with Crippen molar-refractivity contribution in [2.75, 3.05) is 23.8 Å². The highest BCUT2D eigenvalue weighted by molar-refractivity contribution is 7.91. The average Bonchev–Trinajstić information content (AvgIpc) is 2.39. The number of nitrogens with zero attached hydrogens (tertiary/aromatic N) is 1. The minimum absolute atomic E-state index is 0.339. The molecule has 19 heavy (non-hydrogen) atoms. The normalized spacial score (nSPS) is 24.0. The number of rotatable bonds is 1. The fourth-order valence-electron chi connectivity index (χ4n) is 3.18. The van der Waals surface area contributed by atoms with E-state index in [1.165, 1.54) is 11.1 Å². The first-order chi connectivity index (χ1) is 9.05. The molecule has 0 radical (unpaired) electrons. The highest BCUT2D eigenvalue weighted by Gasteiger charge is 2.30. The van der Waals surface area contributed by atoms with Crippen molar-refractivity contribution in [1.82, 2.24) is 4.90 Å². The molecule has 1 aromatic carbocycles. The predicted molar refractivity (Wildman–Crippen MR) is 76.6 cm³/mol. The monoisotopic (exact) mass is 280 g/mol. The Kier molecular flexibility index (Phi) is 3.27. The van der Waals surface area contributed by atoms with Crippen molar-refractivity contribution in [2.45, 2.75) is 31.8 Å². The minimum Gasteiger partial charge on any atom is -0.398 e. The van der Waals surface area contributed by atoms with Crippen molar-refractivity contribution >= 4 is 15.5 Å². The molecule has 1 saturated heterocycles. The van der Waals surface area contributed by atoms with E-state index in [1.807, 2.05) is 12.1 Å². The van der Waals surface area contributed by atoms with Crippen molar-refractivity contribution in [3.8, 4) is 0 Å². The van der Waals surface area contributed by atoms with Crippen molar-refractivity contribution in [3.05, 3.63) is 29.3 Å². The van der Waals surface area contributed by atoms with Gasteiger partial charge in [0.15, 0.2) is 0 Å². The van der Waals surface area contributed by atoms with E-state index in [1.54, 1.807) is 0 Å². The summed E-state index contributed by atoms with van der Waals surface area (Å²) in [6.07, 6.45) is 2.55. The van der Waals surface area contributed by atoms with Crippen LogP contribution in [0.1, 0.15) is 24.0 Å². The van der Waals surface area contributed by atoms with Gasteiger partial charge in [-0.2, -0.15) is 0 Å². The third-order valence-corrected chi connectivity index (χ3v) is 6.09. The molecule has 0 amide bonds. The van der Waals surface area contributed by atoms with Crippen molar-refractivity contribution in [3.63, 3.8) is 0 Å². The zero-order chi connectivity index (χ0) is 13.5. The first kappa shape index (κ1) is 12.9. The van der Waals surface area contributed by atoms with E-state index in [0.717, 1.165) is 38.0 Å². The van der Waals surface area contributed by atoms with Gasteiger partial charge >= 0.3 is 0 Å². The third-order valence-electron chi connectivity index (χ3n) is 4.38. The second kappa shape index (κ2) is 4.80. The Labute approximate surface area is 114 Å². The average molecular weight is 280 g/mol. The molecule has 0 spiro atoms. The fraction of sp³-hybridized carbons (Fsp3) is 0.571. The quantitative estimate of drug-likeness (QED) is 0.785. The number of nitrogen functional groups attached to an aromatic ring is 1. The fourth-order valence-corrected chi connectivity index (χ4v) is 4.65. The van der Waals surface area contributed by atoms with Crippen LogP contribution in [-0.2, 0) is 22.8 Å². The lowest BCUT2D eigenvalue weighted by Gasteiger charge is -2.37. The van der Waals surface area contributed by atoms with E-state index in [9.17, 15) is 8.42 Å². The molecule has 2 heterocycles. The molecule has 0 unspecified atom stereocenters. The van der Waals surface area contributed by atoms with Gasteiger partial charge in [-0.1, -0.05) is 12.1 Å². The van der Waals surface area contributed by atoms with Gasteiger partial charge in [0.05, 0.1) is 11.5 Å². The number of hydrogen-bond acceptors (Lipinski definition) is 4. The van der Waals surface area contributed by atoms with E-state index in [4.69, 9.17) is 5.73 Å². The maximum Gasteiger partial charge on any atom is 0.150 e. The zero-order valence-electron chi connectivity index (χ0n) is 11.0. The first-order valence-electron chi connectivity index (χ1n) is 6.86. The van der Waals surface area contributed by atoms with Crippen molar-refractivity contribution < 1.29 is 8.42 Å². The Morgan fingerprint density at radius 1 is 1.21 bits per heavy atom. The summed E-state index contributed by atoms with van der Waals surface area (Å²) in [7, 11) is -2.77. The summed E-state index contributed by atoms with van der Waals surface area (Å²) in [5, 5.41) is 0. The molecule has 104 valence electrons. The van der Waals surface area contributed by atoms with Gasteiger partial charge in [-0.15, -0.1) is 0 Å². The molecule has 4 nitrogen and oxygen atoms in total. The first-order valence-corrected chi connectivity index (χ1v) is 8.68. The van der Waals surface area contributed by atoms with Crippen LogP contribution in [0.4, 0.5) is 5.69 Å². The molecule has 1 aromatic rings. The van der Waals surface area contributed by atoms with Gasteiger partial charge in [0, 0.05) is 24.8 Å². The van der Waals surface area contributed by atoms with Gasteiger partial charge in [0.25, 0.3) is 0 Å². The summed E-state index contributed by atoms with van der Waals surface area (Å²) in [6, 6.07) is 6.51. The van der Waals surface area contributed by atoms with Crippen LogP contribution in [0, 0.1) is 0 Å². The maximum atomic E-state index is 11.5. The number of anilines is 1. The highest BCUT2D eigenvalue weighted by Crippen LogP contribution is 2.28. The molecule has 2 aliphatic rings. The number of hydrogen-bond donors (Lipinski definition) is 1. The summed E-state index contributed by atoms with van der Waals surface area (Å²) in [6.45, 7) is 1.88. The summed E-state index contributed by atoms with van der Waals surface area (Å²) in [5.74, 6) is 0.677. The smallest absolute Gasteiger partial charge is 0.150 e. The Morgan fingerprint density at radius 2 is 1.95 bits per heavy atom. The van der Waals surface area contributed by atoms with E-state index in [0.29, 0.717) is 17.5 Å². The Bertz CT molecular complexity index is 569. The van der Waals surface area contributed by atoms with E-state index in [2.05, 4.69) is 11.0 Å². The molecular weight excluding hydrogens is 260 g/mol. The SMILES string of the molecule is Nc1cccc2c1CN(C1CCS(=O)(=O)CC1)CC2. The summed E-state index contributed by atoms with van der Waals surface area (Å²) in [5.41, 5.74) is 9.51. The molecule has 2 aliphatic heterocycles. The lowest BCUT2D eigenvalue weighted by atomic mass is 9.96. The standard InChI is InChI=1S/C14H20N2O2S/c15-14-3-1-2-11-4-7-16(10-13(11)14)12-5-8-19(17,18)9-6-12/h1-3,12H,4-10,15H2. The van der Waals surface area contributed by atoms with Crippen LogP contribution in [0.25, 0.3) is 0 Å². The van der Waals surface area contributed by atoms with Crippen molar-refractivity contribution in [2.24, 2.45) is 0 Å². The third kappa shape index (κ3) is 2.62. The van der Waals surface area contributed by atoms with Crippen molar-refractivity contribution in [1.29, 1.82) is 0 Å². The van der Waals surface area contributed by atoms with Gasteiger partial charge in [-0.25, -0.2) is 8.42 Å². The molecule has 0 saturated carbocycles. The van der Waals surface area contributed by atoms with Crippen LogP contribution in [0.5, 0.6) is 0 Å². The van der Waals surface area contributed by atoms with Gasteiger partial charge in [-0.05, 0) is 36.5 Å². The van der Waals surface area contributed by atoms with Crippen LogP contribution in [0.2, 0.25) is 0 Å². The minimum atomic E-state index is -2.77. The molecule has 0 bridgehead atoms. The second-order valence-electron chi connectivity index (χ2n) is 5.59. The Balaban J connectivity index is 1.74. The van der Waals surface area contributed by atoms with Crippen LogP contribution >= 0.6 is 0 Å². The topological polar surface area (TPSA) is 63.4 Å². The number of nitrogens with two attached hydrogens (primary N) is 1. The largest absolute Gasteiger partial charge is 0.398 e. The summed E-state index contributed by atoms with van der Waals surface area (Å²) < 4.78 is 23.0. The molecule has 0 aromatic heterocycles. The maximum absolute atomic E-state index is 11.5. The van der Waals surface area contributed by atoms with Gasteiger partial charge < -0.3 is 5.73 Å². The zero-order valence-corrected chi connectivity index (χ0v) is 11.8. The van der Waals surface area contributed by atoms with Gasteiger partial charge in [0.1, 0.15) is 9.84 Å². The van der Waals surface area contributed by atoms with Gasteiger partial charge in [0.2, 0.25) is 0 Å². The van der Waals surface area contributed by atoms with E-state index in [-0.39, 0.29) is 0 Å². The number of benzene rings is 1. The Hall–Kier alpha value is -1.07. The van der Waals surface area contributed by atoms with E-state index >= 15 is 0 Å². The Morgan fingerprint density at radius 3 is 2.68 bits per heavy atom. The molecule has 0 atom stereocenters. The van der Waals surface area contributed by atoms with Crippen LogP contribution in [-0.4, -0.2) is 37.4 Å². The van der Waals surface area contributed by atoms with Crippen LogP contribution in [0.3, 0.4) is 0 Å². The molecule has 1 fully saturated rings. The van der Waals surface area contributed by atoms with Gasteiger partial charge in [-0.3, -0.25) is 4.90 Å². The summed E-state index contributed by atoms with van der Waals surface area (Å²) in [4.78, 5) is 2.41. The highest BCUT2D eigenvalue weighted by atomic mass is 32.2. The molecule has 5 heteroatoms. The van der Waals surface area contributed by atoms with E-state index < -0.39 is 9.84 Å². The number of fused-ring (bicyclic) bond motifs is 1.